The van der Waals surface area contributed by atoms with E-state index in [9.17, 15) is 14.7 Å². The van der Waals surface area contributed by atoms with Crippen LogP contribution in [0.5, 0.6) is 5.75 Å². The minimum atomic E-state index is -1.29. The average Bonchev–Trinajstić information content (AvgIpc) is 2.58. The highest BCUT2D eigenvalue weighted by Gasteiger charge is 2.26. The molecule has 24 heavy (non-hydrogen) atoms. The number of carboxylic acid groups (broad SMARTS) is 1. The molecule has 0 aliphatic rings. The van der Waals surface area contributed by atoms with Crippen LogP contribution in [0.3, 0.4) is 0 Å². The van der Waals surface area contributed by atoms with Crippen LogP contribution in [0.25, 0.3) is 0 Å². The Balaban J connectivity index is 2.10. The number of methoxy groups -OCH3 is 1. The second kappa shape index (κ2) is 8.35. The zero-order chi connectivity index (χ0) is 17.5. The van der Waals surface area contributed by atoms with E-state index in [4.69, 9.17) is 9.47 Å². The predicted molar refractivity (Wildman–Crippen MR) is 90.8 cm³/mol. The van der Waals surface area contributed by atoms with Crippen LogP contribution in [0.4, 0.5) is 4.79 Å². The summed E-state index contributed by atoms with van der Waals surface area (Å²) < 4.78 is 10.9. The smallest absolute Gasteiger partial charge is 0.408 e. The van der Waals surface area contributed by atoms with Crippen molar-refractivity contribution in [1.82, 2.24) is 5.32 Å². The summed E-state index contributed by atoms with van der Waals surface area (Å²) >= 11 is 3.28. The normalized spacial score (nSPS) is 11.4. The van der Waals surface area contributed by atoms with Crippen molar-refractivity contribution in [3.63, 3.8) is 0 Å². The third kappa shape index (κ3) is 4.73. The van der Waals surface area contributed by atoms with Gasteiger partial charge in [-0.2, -0.15) is 0 Å². The monoisotopic (exact) mass is 393 g/mol. The number of amides is 1. The summed E-state index contributed by atoms with van der Waals surface area (Å²) in [6.45, 7) is 0.0502. The Morgan fingerprint density at radius 1 is 1.21 bits per heavy atom. The summed E-state index contributed by atoms with van der Waals surface area (Å²) in [4.78, 5) is 23.5. The van der Waals surface area contributed by atoms with Gasteiger partial charge in [0, 0.05) is 10.0 Å². The first-order valence-electron chi connectivity index (χ1n) is 7.04. The highest BCUT2D eigenvalue weighted by molar-refractivity contribution is 9.10. The molecular formula is C17H16BrNO5. The number of rotatable bonds is 6. The Morgan fingerprint density at radius 3 is 2.54 bits per heavy atom. The van der Waals surface area contributed by atoms with Crippen LogP contribution in [0, 0.1) is 0 Å². The number of alkyl carbamates (subject to hydrolysis) is 1. The molecule has 0 saturated heterocycles. The molecule has 2 N–H and O–H groups in total. The van der Waals surface area contributed by atoms with Crippen LogP contribution >= 0.6 is 15.9 Å². The molecule has 0 aromatic heterocycles. The molecule has 6 nitrogen and oxygen atoms in total. The third-order valence-corrected chi connectivity index (χ3v) is 3.72. The molecule has 126 valence electrons. The zero-order valence-electron chi connectivity index (χ0n) is 12.9. The van der Waals surface area contributed by atoms with E-state index in [0.29, 0.717) is 15.8 Å². The first kappa shape index (κ1) is 17.8. The molecule has 2 aromatic carbocycles. The van der Waals surface area contributed by atoms with Gasteiger partial charge in [0.25, 0.3) is 0 Å². The summed E-state index contributed by atoms with van der Waals surface area (Å²) in [5, 5.41) is 11.8. The fourth-order valence-electron chi connectivity index (χ4n) is 2.09. The largest absolute Gasteiger partial charge is 0.496 e. The maximum absolute atomic E-state index is 11.9. The van der Waals surface area contributed by atoms with Gasteiger partial charge in [0.1, 0.15) is 12.4 Å². The van der Waals surface area contributed by atoms with Gasteiger partial charge in [-0.1, -0.05) is 46.3 Å². The topological polar surface area (TPSA) is 84.9 Å². The fraction of sp³-hybridized carbons (Fsp3) is 0.176. The van der Waals surface area contributed by atoms with Crippen molar-refractivity contribution in [2.75, 3.05) is 7.11 Å². The lowest BCUT2D eigenvalue weighted by atomic mass is 10.1. The molecule has 1 atom stereocenters. The van der Waals surface area contributed by atoms with E-state index in [-0.39, 0.29) is 6.61 Å². The zero-order valence-corrected chi connectivity index (χ0v) is 14.4. The Hall–Kier alpha value is -2.54. The van der Waals surface area contributed by atoms with Crippen molar-refractivity contribution in [2.24, 2.45) is 0 Å². The van der Waals surface area contributed by atoms with Gasteiger partial charge in [0.05, 0.1) is 7.11 Å². The van der Waals surface area contributed by atoms with Gasteiger partial charge in [0.2, 0.25) is 0 Å². The van der Waals surface area contributed by atoms with Crippen LogP contribution < -0.4 is 10.1 Å². The highest BCUT2D eigenvalue weighted by atomic mass is 79.9. The molecule has 1 amide bonds. The summed E-state index contributed by atoms with van der Waals surface area (Å²) in [5.74, 6) is -0.864. The molecule has 2 aromatic rings. The van der Waals surface area contributed by atoms with Crippen LogP contribution in [-0.4, -0.2) is 24.3 Å². The number of carbonyl (C=O) groups is 2. The lowest BCUT2D eigenvalue weighted by molar-refractivity contribution is -0.139. The van der Waals surface area contributed by atoms with Gasteiger partial charge in [-0.3, -0.25) is 0 Å². The van der Waals surface area contributed by atoms with Crippen molar-refractivity contribution in [3.05, 3.63) is 64.1 Å². The number of carboxylic acids is 1. The van der Waals surface area contributed by atoms with E-state index in [0.717, 1.165) is 5.56 Å². The van der Waals surface area contributed by atoms with Crippen molar-refractivity contribution in [2.45, 2.75) is 12.6 Å². The first-order chi connectivity index (χ1) is 11.5. The molecule has 7 heteroatoms. The van der Waals surface area contributed by atoms with Crippen LogP contribution in [0.1, 0.15) is 17.2 Å². The van der Waals surface area contributed by atoms with E-state index in [1.807, 2.05) is 18.2 Å². The van der Waals surface area contributed by atoms with Crippen molar-refractivity contribution in [3.8, 4) is 5.75 Å². The Labute approximate surface area is 147 Å². The summed E-state index contributed by atoms with van der Waals surface area (Å²) in [5.41, 5.74) is 1.12. The lowest BCUT2D eigenvalue weighted by Crippen LogP contribution is -2.34. The van der Waals surface area contributed by atoms with Crippen molar-refractivity contribution in [1.29, 1.82) is 0 Å². The fourth-order valence-corrected chi connectivity index (χ4v) is 2.46. The number of carbonyl (C=O) groups excluding carboxylic acids is 1. The summed E-state index contributed by atoms with van der Waals surface area (Å²) in [6, 6.07) is 12.7. The van der Waals surface area contributed by atoms with E-state index >= 15 is 0 Å². The number of aliphatic carboxylic acids is 1. The van der Waals surface area contributed by atoms with E-state index in [2.05, 4.69) is 21.2 Å². The van der Waals surface area contributed by atoms with Gasteiger partial charge in [-0.25, -0.2) is 9.59 Å². The Morgan fingerprint density at radius 2 is 1.92 bits per heavy atom. The average molecular weight is 394 g/mol. The minimum Gasteiger partial charge on any atom is -0.496 e. The number of hydrogen-bond donors (Lipinski definition) is 2. The van der Waals surface area contributed by atoms with Gasteiger partial charge in [-0.15, -0.1) is 0 Å². The van der Waals surface area contributed by atoms with Crippen molar-refractivity contribution < 1.29 is 24.2 Å². The quantitative estimate of drug-likeness (QED) is 0.784. The Kier molecular flexibility index (Phi) is 6.20. The molecule has 0 radical (unpaired) electrons. The van der Waals surface area contributed by atoms with Crippen LogP contribution in [0.2, 0.25) is 0 Å². The molecule has 0 fully saturated rings. The van der Waals surface area contributed by atoms with Crippen LogP contribution in [-0.2, 0) is 16.1 Å². The molecule has 2 rings (SSSR count). The van der Waals surface area contributed by atoms with Gasteiger partial charge >= 0.3 is 12.1 Å². The minimum absolute atomic E-state index is 0.0502. The molecule has 0 saturated carbocycles. The number of ether oxygens (including phenoxy) is 2. The molecule has 0 bridgehead atoms. The number of nitrogens with one attached hydrogen (secondary N) is 1. The molecule has 0 aliphatic carbocycles. The van der Waals surface area contributed by atoms with Crippen molar-refractivity contribution >= 4 is 28.0 Å². The summed E-state index contributed by atoms with van der Waals surface area (Å²) in [6.07, 6.45) is -0.826. The van der Waals surface area contributed by atoms with E-state index < -0.39 is 18.1 Å². The Bertz CT molecular complexity index is 720. The summed E-state index contributed by atoms with van der Waals surface area (Å²) in [7, 11) is 1.43. The second-order valence-electron chi connectivity index (χ2n) is 4.86. The number of benzene rings is 2. The SMILES string of the molecule is COc1ccc(Br)cc1C(NC(=O)OCc1ccccc1)C(=O)O. The highest BCUT2D eigenvalue weighted by Crippen LogP contribution is 2.29. The molecular weight excluding hydrogens is 378 g/mol. The van der Waals surface area contributed by atoms with E-state index in [1.165, 1.54) is 7.11 Å². The van der Waals surface area contributed by atoms with Gasteiger partial charge in [-0.05, 0) is 23.8 Å². The number of halogens is 1. The third-order valence-electron chi connectivity index (χ3n) is 3.22. The standard InChI is InChI=1S/C17H16BrNO5/c1-23-14-8-7-12(18)9-13(14)15(16(20)21)19-17(22)24-10-11-5-3-2-4-6-11/h2-9,15H,10H2,1H3,(H,19,22)(H,20,21). The first-order valence-corrected chi connectivity index (χ1v) is 7.84. The van der Waals surface area contributed by atoms with Gasteiger partial charge < -0.3 is 19.9 Å². The maximum Gasteiger partial charge on any atom is 0.408 e. The molecule has 0 aliphatic heterocycles. The molecule has 0 heterocycles. The van der Waals surface area contributed by atoms with E-state index in [1.54, 1.807) is 30.3 Å². The molecule has 1 unspecified atom stereocenters. The lowest BCUT2D eigenvalue weighted by Gasteiger charge is -2.18. The van der Waals surface area contributed by atoms with Crippen LogP contribution in [0.15, 0.2) is 53.0 Å². The maximum atomic E-state index is 11.9. The molecule has 0 spiro atoms. The second-order valence-corrected chi connectivity index (χ2v) is 5.78. The number of hydrogen-bond acceptors (Lipinski definition) is 4. The van der Waals surface area contributed by atoms with Gasteiger partial charge in [0.15, 0.2) is 6.04 Å². The predicted octanol–water partition coefficient (Wildman–Crippen LogP) is 3.51.